The van der Waals surface area contributed by atoms with Gasteiger partial charge >= 0.3 is 5.97 Å². The lowest BCUT2D eigenvalue weighted by Crippen LogP contribution is -2.57. The molecule has 3 fully saturated rings. The molecule has 2 N–H and O–H groups in total. The molecule has 4 heteroatoms. The van der Waals surface area contributed by atoms with Gasteiger partial charge in [-0.3, -0.25) is 9.69 Å². The topological polar surface area (TPSA) is 52.6 Å². The van der Waals surface area contributed by atoms with Gasteiger partial charge in [0, 0.05) is 18.6 Å². The highest BCUT2D eigenvalue weighted by molar-refractivity contribution is 5.71. The molecule has 0 bridgehead atoms. The first kappa shape index (κ1) is 13.4. The molecule has 0 aromatic carbocycles. The van der Waals surface area contributed by atoms with Gasteiger partial charge < -0.3 is 10.4 Å². The lowest BCUT2D eigenvalue weighted by molar-refractivity contribution is -0.148. The van der Waals surface area contributed by atoms with Crippen molar-refractivity contribution >= 4 is 5.97 Å². The van der Waals surface area contributed by atoms with E-state index in [9.17, 15) is 9.90 Å². The van der Waals surface area contributed by atoms with Crippen LogP contribution in [0.5, 0.6) is 0 Å². The number of rotatable bonds is 2. The molecule has 3 aliphatic heterocycles. The second-order valence-electron chi connectivity index (χ2n) is 6.55. The van der Waals surface area contributed by atoms with E-state index in [1.165, 1.54) is 32.1 Å². The van der Waals surface area contributed by atoms with Crippen LogP contribution in [-0.4, -0.2) is 47.7 Å². The first-order valence-electron chi connectivity index (χ1n) is 7.96. The standard InChI is InChI=1S/C15H26N2O2/c18-15(19)12-9-11(13-5-1-3-7-16-13)10-17-8-4-2-6-14(12)17/h11-14,16H,1-10H2,(H,18,19)/t11?,12?,13-,14?/m1/s1. The molecule has 3 unspecified atom stereocenters. The zero-order chi connectivity index (χ0) is 13.2. The summed E-state index contributed by atoms with van der Waals surface area (Å²) < 4.78 is 0. The van der Waals surface area contributed by atoms with Gasteiger partial charge in [0.05, 0.1) is 5.92 Å². The van der Waals surface area contributed by atoms with E-state index in [0.29, 0.717) is 18.0 Å². The Labute approximate surface area is 115 Å². The third-order valence-corrected chi connectivity index (χ3v) is 5.39. The molecule has 0 aromatic heterocycles. The molecular weight excluding hydrogens is 240 g/mol. The first-order valence-corrected chi connectivity index (χ1v) is 7.96. The predicted octanol–water partition coefficient (Wildman–Crippen LogP) is 1.70. The highest BCUT2D eigenvalue weighted by Crippen LogP contribution is 2.36. The van der Waals surface area contributed by atoms with E-state index in [1.54, 1.807) is 0 Å². The number of fused-ring (bicyclic) bond motifs is 1. The van der Waals surface area contributed by atoms with Gasteiger partial charge in [-0.05, 0) is 51.1 Å². The molecule has 0 spiro atoms. The number of aliphatic carboxylic acids is 1. The molecule has 0 saturated carbocycles. The third-order valence-electron chi connectivity index (χ3n) is 5.39. The van der Waals surface area contributed by atoms with E-state index in [-0.39, 0.29) is 5.92 Å². The monoisotopic (exact) mass is 266 g/mol. The SMILES string of the molecule is O=C(O)C1CC([C@H]2CCCCN2)CN2CCCCC12. The lowest BCUT2D eigenvalue weighted by Gasteiger charge is -2.48. The maximum Gasteiger partial charge on any atom is 0.308 e. The summed E-state index contributed by atoms with van der Waals surface area (Å²) in [6.45, 7) is 3.34. The Kier molecular flexibility index (Phi) is 4.08. The molecule has 0 radical (unpaired) electrons. The van der Waals surface area contributed by atoms with Gasteiger partial charge in [-0.2, -0.15) is 0 Å². The summed E-state index contributed by atoms with van der Waals surface area (Å²) in [5, 5.41) is 13.2. The Bertz CT molecular complexity index is 328. The zero-order valence-corrected chi connectivity index (χ0v) is 11.7. The molecule has 108 valence electrons. The van der Waals surface area contributed by atoms with Crippen molar-refractivity contribution in [3.63, 3.8) is 0 Å². The van der Waals surface area contributed by atoms with Crippen LogP contribution in [0.1, 0.15) is 44.9 Å². The van der Waals surface area contributed by atoms with Crippen LogP contribution in [0.4, 0.5) is 0 Å². The summed E-state index contributed by atoms with van der Waals surface area (Å²) in [6, 6.07) is 0.865. The molecule has 0 amide bonds. The average Bonchev–Trinajstić information content (AvgIpc) is 2.47. The van der Waals surface area contributed by atoms with Crippen molar-refractivity contribution in [3.05, 3.63) is 0 Å². The third kappa shape index (κ3) is 2.79. The summed E-state index contributed by atoms with van der Waals surface area (Å²) in [4.78, 5) is 14.1. The summed E-state index contributed by atoms with van der Waals surface area (Å²) in [6.07, 6.45) is 8.23. The number of nitrogens with one attached hydrogen (secondary N) is 1. The van der Waals surface area contributed by atoms with Crippen LogP contribution in [0.25, 0.3) is 0 Å². The number of piperidine rings is 3. The second kappa shape index (κ2) is 5.80. The number of nitrogens with zero attached hydrogens (tertiary/aromatic N) is 1. The molecule has 19 heavy (non-hydrogen) atoms. The highest BCUT2D eigenvalue weighted by Gasteiger charge is 2.43. The summed E-state index contributed by atoms with van der Waals surface area (Å²) in [5.41, 5.74) is 0. The number of carbonyl (C=O) groups is 1. The minimum atomic E-state index is -0.572. The first-order chi connectivity index (χ1) is 9.25. The second-order valence-corrected chi connectivity index (χ2v) is 6.55. The zero-order valence-electron chi connectivity index (χ0n) is 11.7. The van der Waals surface area contributed by atoms with E-state index in [2.05, 4.69) is 10.2 Å². The molecule has 3 rings (SSSR count). The molecule has 3 saturated heterocycles. The highest BCUT2D eigenvalue weighted by atomic mass is 16.4. The van der Waals surface area contributed by atoms with E-state index >= 15 is 0 Å². The lowest BCUT2D eigenvalue weighted by atomic mass is 9.75. The van der Waals surface area contributed by atoms with Crippen molar-refractivity contribution in [1.82, 2.24) is 10.2 Å². The molecule has 3 aliphatic rings. The fourth-order valence-corrected chi connectivity index (χ4v) is 4.40. The van der Waals surface area contributed by atoms with Crippen molar-refractivity contribution in [2.75, 3.05) is 19.6 Å². The van der Waals surface area contributed by atoms with Crippen molar-refractivity contribution in [3.8, 4) is 0 Å². The van der Waals surface area contributed by atoms with Gasteiger partial charge in [0.25, 0.3) is 0 Å². The quantitative estimate of drug-likeness (QED) is 0.799. The summed E-state index contributed by atoms with van der Waals surface area (Å²) in [5.74, 6) is -0.170. The molecule has 3 heterocycles. The van der Waals surface area contributed by atoms with E-state index in [1.807, 2.05) is 0 Å². The van der Waals surface area contributed by atoms with Gasteiger partial charge in [0.1, 0.15) is 0 Å². The Morgan fingerprint density at radius 3 is 2.74 bits per heavy atom. The van der Waals surface area contributed by atoms with Gasteiger partial charge in [-0.1, -0.05) is 12.8 Å². The number of hydrogen-bond acceptors (Lipinski definition) is 3. The van der Waals surface area contributed by atoms with E-state index in [0.717, 1.165) is 32.5 Å². The van der Waals surface area contributed by atoms with Crippen LogP contribution in [0, 0.1) is 11.8 Å². The van der Waals surface area contributed by atoms with Crippen molar-refractivity contribution in [2.24, 2.45) is 11.8 Å². The molecule has 4 nitrogen and oxygen atoms in total. The van der Waals surface area contributed by atoms with Crippen LogP contribution in [0.3, 0.4) is 0 Å². The largest absolute Gasteiger partial charge is 0.481 e. The van der Waals surface area contributed by atoms with Crippen LogP contribution in [0.15, 0.2) is 0 Å². The fourth-order valence-electron chi connectivity index (χ4n) is 4.40. The van der Waals surface area contributed by atoms with Gasteiger partial charge in [-0.15, -0.1) is 0 Å². The fraction of sp³-hybridized carbons (Fsp3) is 0.933. The Morgan fingerprint density at radius 2 is 2.00 bits per heavy atom. The number of carboxylic acid groups (broad SMARTS) is 1. The average molecular weight is 266 g/mol. The normalized spacial score (nSPS) is 40.6. The maximum absolute atomic E-state index is 11.6. The summed E-state index contributed by atoms with van der Waals surface area (Å²) in [7, 11) is 0. The molecule has 4 atom stereocenters. The van der Waals surface area contributed by atoms with Crippen LogP contribution in [0.2, 0.25) is 0 Å². The number of hydrogen-bond donors (Lipinski definition) is 2. The van der Waals surface area contributed by atoms with Crippen molar-refractivity contribution in [1.29, 1.82) is 0 Å². The Balaban J connectivity index is 1.71. The van der Waals surface area contributed by atoms with E-state index < -0.39 is 5.97 Å². The van der Waals surface area contributed by atoms with Crippen LogP contribution < -0.4 is 5.32 Å². The maximum atomic E-state index is 11.6. The Morgan fingerprint density at radius 1 is 1.16 bits per heavy atom. The molecule has 0 aromatic rings. The van der Waals surface area contributed by atoms with E-state index in [4.69, 9.17) is 0 Å². The van der Waals surface area contributed by atoms with Crippen LogP contribution >= 0.6 is 0 Å². The van der Waals surface area contributed by atoms with Crippen LogP contribution in [-0.2, 0) is 4.79 Å². The molecule has 0 aliphatic carbocycles. The van der Waals surface area contributed by atoms with Gasteiger partial charge in [0.2, 0.25) is 0 Å². The molecular formula is C15H26N2O2. The smallest absolute Gasteiger partial charge is 0.308 e. The van der Waals surface area contributed by atoms with Crippen molar-refractivity contribution in [2.45, 2.75) is 57.0 Å². The van der Waals surface area contributed by atoms with Crippen molar-refractivity contribution < 1.29 is 9.90 Å². The minimum absolute atomic E-state index is 0.136. The predicted molar refractivity (Wildman–Crippen MR) is 74.1 cm³/mol. The van der Waals surface area contributed by atoms with Gasteiger partial charge in [0.15, 0.2) is 0 Å². The number of carboxylic acids is 1. The minimum Gasteiger partial charge on any atom is -0.481 e. The summed E-state index contributed by atoms with van der Waals surface area (Å²) >= 11 is 0. The Hall–Kier alpha value is -0.610. The van der Waals surface area contributed by atoms with Gasteiger partial charge in [-0.25, -0.2) is 0 Å².